The molecule has 1 aromatic rings. The third-order valence-electron chi connectivity index (χ3n) is 1.80. The molecular weight excluding hydrogens is 166 g/mol. The first-order valence-electron chi connectivity index (χ1n) is 4.27. The smallest absolute Gasteiger partial charge is 0.0308 e. The average Bonchev–Trinajstić information content (AvgIpc) is 2.32. The minimum atomic E-state index is 0.205. The summed E-state index contributed by atoms with van der Waals surface area (Å²) in [7, 11) is 0. The summed E-state index contributed by atoms with van der Waals surface area (Å²) >= 11 is 1.71. The number of hydrogen-bond donors (Lipinski definition) is 1. The summed E-state index contributed by atoms with van der Waals surface area (Å²) in [5.41, 5.74) is 7.63. The Balaban J connectivity index is 2.56. The van der Waals surface area contributed by atoms with Gasteiger partial charge in [-0.1, -0.05) is 20.8 Å². The number of rotatable bonds is 2. The summed E-state index contributed by atoms with van der Waals surface area (Å²) in [6, 6.07) is 2.32. The van der Waals surface area contributed by atoms with Crippen molar-refractivity contribution in [3.63, 3.8) is 0 Å². The maximum Gasteiger partial charge on any atom is 0.0308 e. The van der Waals surface area contributed by atoms with Crippen molar-refractivity contribution in [2.75, 3.05) is 0 Å². The molecule has 2 heteroatoms. The van der Waals surface area contributed by atoms with Gasteiger partial charge in [0.1, 0.15) is 0 Å². The van der Waals surface area contributed by atoms with E-state index < -0.39 is 0 Å². The summed E-state index contributed by atoms with van der Waals surface area (Å²) in [4.78, 5) is 0. The lowest BCUT2D eigenvalue weighted by molar-refractivity contribution is 0.343. The Labute approximate surface area is 78.6 Å². The minimum Gasteiger partial charge on any atom is -0.324 e. The van der Waals surface area contributed by atoms with Crippen LogP contribution in [0.1, 0.15) is 38.8 Å². The van der Waals surface area contributed by atoms with Gasteiger partial charge in [-0.2, -0.15) is 11.3 Å². The van der Waals surface area contributed by atoms with E-state index in [0.717, 1.165) is 6.42 Å². The van der Waals surface area contributed by atoms with E-state index in [1.165, 1.54) is 5.56 Å². The second kappa shape index (κ2) is 3.58. The van der Waals surface area contributed by atoms with Crippen LogP contribution in [-0.2, 0) is 0 Å². The van der Waals surface area contributed by atoms with Crippen molar-refractivity contribution in [1.29, 1.82) is 0 Å². The lowest BCUT2D eigenvalue weighted by atomic mass is 9.86. The lowest BCUT2D eigenvalue weighted by Crippen LogP contribution is -2.18. The van der Waals surface area contributed by atoms with Crippen LogP contribution in [0.2, 0.25) is 0 Å². The first kappa shape index (κ1) is 9.75. The number of hydrogen-bond acceptors (Lipinski definition) is 2. The van der Waals surface area contributed by atoms with Gasteiger partial charge in [0.05, 0.1) is 0 Å². The van der Waals surface area contributed by atoms with Gasteiger partial charge in [0.25, 0.3) is 0 Å². The normalized spacial score (nSPS) is 14.7. The molecule has 1 rings (SSSR count). The van der Waals surface area contributed by atoms with E-state index in [2.05, 4.69) is 37.6 Å². The second-order valence-electron chi connectivity index (χ2n) is 4.43. The fourth-order valence-electron chi connectivity index (χ4n) is 1.26. The minimum absolute atomic E-state index is 0.205. The largest absolute Gasteiger partial charge is 0.324 e. The van der Waals surface area contributed by atoms with Crippen molar-refractivity contribution in [3.05, 3.63) is 22.4 Å². The second-order valence-corrected chi connectivity index (χ2v) is 5.21. The van der Waals surface area contributed by atoms with Gasteiger partial charge < -0.3 is 5.73 Å². The fraction of sp³-hybridized carbons (Fsp3) is 0.600. The van der Waals surface area contributed by atoms with Crippen molar-refractivity contribution in [2.45, 2.75) is 33.2 Å². The average molecular weight is 183 g/mol. The zero-order valence-corrected chi connectivity index (χ0v) is 8.82. The molecule has 0 fully saturated rings. The molecule has 2 N–H and O–H groups in total. The van der Waals surface area contributed by atoms with Crippen LogP contribution in [0.3, 0.4) is 0 Å². The van der Waals surface area contributed by atoms with Crippen LogP contribution >= 0.6 is 11.3 Å². The summed E-state index contributed by atoms with van der Waals surface area (Å²) < 4.78 is 0. The molecular formula is C10H17NS. The fourth-order valence-corrected chi connectivity index (χ4v) is 1.99. The summed E-state index contributed by atoms with van der Waals surface area (Å²) in [6.07, 6.45) is 1.05. The molecule has 0 aromatic carbocycles. The Hall–Kier alpha value is -0.340. The van der Waals surface area contributed by atoms with E-state index >= 15 is 0 Å². The van der Waals surface area contributed by atoms with Crippen LogP contribution in [-0.4, -0.2) is 0 Å². The highest BCUT2D eigenvalue weighted by atomic mass is 32.1. The standard InChI is InChI=1S/C10H17NS/c1-10(2,3)6-9(11)8-4-5-12-7-8/h4-5,7,9H,6,11H2,1-3H3/t9-/m0/s1. The van der Waals surface area contributed by atoms with Crippen LogP contribution in [0.15, 0.2) is 16.8 Å². The van der Waals surface area contributed by atoms with Gasteiger partial charge in [-0.25, -0.2) is 0 Å². The van der Waals surface area contributed by atoms with Gasteiger partial charge in [0.15, 0.2) is 0 Å². The number of thiophene rings is 1. The predicted octanol–water partition coefficient (Wildman–Crippen LogP) is 3.18. The molecule has 0 aliphatic carbocycles. The van der Waals surface area contributed by atoms with E-state index in [1.54, 1.807) is 11.3 Å². The quantitative estimate of drug-likeness (QED) is 0.748. The Morgan fingerprint density at radius 1 is 1.50 bits per heavy atom. The molecule has 0 saturated carbocycles. The van der Waals surface area contributed by atoms with Crippen LogP contribution in [0.4, 0.5) is 0 Å². The molecule has 0 bridgehead atoms. The van der Waals surface area contributed by atoms with Crippen molar-refractivity contribution < 1.29 is 0 Å². The Bertz CT molecular complexity index is 220. The third-order valence-corrected chi connectivity index (χ3v) is 2.51. The molecule has 0 aliphatic rings. The van der Waals surface area contributed by atoms with Crippen molar-refractivity contribution in [3.8, 4) is 0 Å². The molecule has 0 saturated heterocycles. The number of nitrogens with two attached hydrogens (primary N) is 1. The van der Waals surface area contributed by atoms with Crippen molar-refractivity contribution in [2.24, 2.45) is 11.1 Å². The molecule has 0 spiro atoms. The topological polar surface area (TPSA) is 26.0 Å². The molecule has 12 heavy (non-hydrogen) atoms. The summed E-state index contributed by atoms with van der Waals surface area (Å²) in [5.74, 6) is 0. The van der Waals surface area contributed by atoms with Gasteiger partial charge in [-0.3, -0.25) is 0 Å². The molecule has 0 aliphatic heterocycles. The predicted molar refractivity (Wildman–Crippen MR) is 55.3 cm³/mol. The molecule has 0 amide bonds. The van der Waals surface area contributed by atoms with Gasteiger partial charge >= 0.3 is 0 Å². The molecule has 1 atom stereocenters. The van der Waals surface area contributed by atoms with Crippen LogP contribution in [0.5, 0.6) is 0 Å². The van der Waals surface area contributed by atoms with Gasteiger partial charge in [-0.15, -0.1) is 0 Å². The monoisotopic (exact) mass is 183 g/mol. The van der Waals surface area contributed by atoms with Crippen LogP contribution in [0, 0.1) is 5.41 Å². The Morgan fingerprint density at radius 3 is 2.58 bits per heavy atom. The zero-order chi connectivity index (χ0) is 9.19. The Kier molecular flexibility index (Phi) is 2.91. The highest BCUT2D eigenvalue weighted by Gasteiger charge is 2.16. The van der Waals surface area contributed by atoms with E-state index in [-0.39, 0.29) is 6.04 Å². The highest BCUT2D eigenvalue weighted by molar-refractivity contribution is 7.07. The van der Waals surface area contributed by atoms with Crippen molar-refractivity contribution in [1.82, 2.24) is 0 Å². The van der Waals surface area contributed by atoms with Crippen LogP contribution < -0.4 is 5.73 Å². The van der Waals surface area contributed by atoms with E-state index in [0.29, 0.717) is 5.41 Å². The molecule has 1 nitrogen and oxygen atoms in total. The first-order valence-corrected chi connectivity index (χ1v) is 5.21. The maximum absolute atomic E-state index is 6.03. The third kappa shape index (κ3) is 2.95. The highest BCUT2D eigenvalue weighted by Crippen LogP contribution is 2.28. The lowest BCUT2D eigenvalue weighted by Gasteiger charge is -2.22. The van der Waals surface area contributed by atoms with Gasteiger partial charge in [-0.05, 0) is 34.2 Å². The zero-order valence-electron chi connectivity index (χ0n) is 8.00. The van der Waals surface area contributed by atoms with Crippen LogP contribution in [0.25, 0.3) is 0 Å². The van der Waals surface area contributed by atoms with Gasteiger partial charge in [0.2, 0.25) is 0 Å². The molecule has 0 radical (unpaired) electrons. The summed E-state index contributed by atoms with van der Waals surface area (Å²) in [5, 5.41) is 4.22. The van der Waals surface area contributed by atoms with E-state index in [1.807, 2.05) is 0 Å². The SMILES string of the molecule is CC(C)(C)C[C@H](N)c1ccsc1. The Morgan fingerprint density at radius 2 is 2.17 bits per heavy atom. The molecule has 68 valence electrons. The molecule has 0 unspecified atom stereocenters. The van der Waals surface area contributed by atoms with E-state index in [4.69, 9.17) is 5.73 Å². The molecule has 1 aromatic heterocycles. The molecule has 1 heterocycles. The summed E-state index contributed by atoms with van der Waals surface area (Å²) in [6.45, 7) is 6.66. The van der Waals surface area contributed by atoms with E-state index in [9.17, 15) is 0 Å². The maximum atomic E-state index is 6.03. The van der Waals surface area contributed by atoms with Crippen molar-refractivity contribution >= 4 is 11.3 Å². The van der Waals surface area contributed by atoms with Gasteiger partial charge in [0, 0.05) is 6.04 Å². The first-order chi connectivity index (χ1) is 5.49.